The molecular weight excluding hydrogens is 388 g/mol. The van der Waals surface area contributed by atoms with E-state index in [2.05, 4.69) is 27.6 Å². The molecule has 0 aromatic carbocycles. The van der Waals surface area contributed by atoms with E-state index in [1.165, 1.54) is 64.2 Å². The molecule has 1 amide bonds. The Morgan fingerprint density at radius 2 is 1.38 bits per heavy atom. The summed E-state index contributed by atoms with van der Waals surface area (Å²) in [6.07, 6.45) is 17.3. The zero-order chi connectivity index (χ0) is 19.0. The Balaban J connectivity index is 0. The van der Waals surface area contributed by atoms with Crippen molar-refractivity contribution in [1.29, 1.82) is 0 Å². The first-order valence-corrected chi connectivity index (χ1v) is 10.6. The van der Waals surface area contributed by atoms with E-state index in [1.807, 2.05) is 18.0 Å². The monoisotopic (exact) mass is 432 g/mol. The van der Waals surface area contributed by atoms with Crippen molar-refractivity contribution in [3.05, 3.63) is 12.7 Å². The van der Waals surface area contributed by atoms with Crippen LogP contribution in [0.15, 0.2) is 12.7 Å². The van der Waals surface area contributed by atoms with E-state index >= 15 is 0 Å². The lowest BCUT2D eigenvalue weighted by Gasteiger charge is -2.30. The molecule has 0 aliphatic rings. The zero-order valence-corrected chi connectivity index (χ0v) is 19.7. The lowest BCUT2D eigenvalue weighted by molar-refractivity contribution is -0.883. The van der Waals surface area contributed by atoms with Crippen LogP contribution in [0.4, 0.5) is 0 Å². The predicted molar refractivity (Wildman–Crippen MR) is 111 cm³/mol. The second-order valence-corrected chi connectivity index (χ2v) is 8.23. The molecule has 0 atom stereocenters. The molecule has 0 fully saturated rings. The van der Waals surface area contributed by atoms with Crippen LogP contribution in [0.25, 0.3) is 0 Å². The Labute approximate surface area is 174 Å². The van der Waals surface area contributed by atoms with Crippen LogP contribution in [0, 0.1) is 0 Å². The highest BCUT2D eigenvalue weighted by Crippen LogP contribution is 2.12. The molecular formula is C22H45BrN2O. The molecule has 0 aromatic rings. The van der Waals surface area contributed by atoms with Gasteiger partial charge >= 0.3 is 0 Å². The van der Waals surface area contributed by atoms with Gasteiger partial charge in [0, 0.05) is 13.5 Å². The summed E-state index contributed by atoms with van der Waals surface area (Å²) in [4.78, 5) is 14.1. The van der Waals surface area contributed by atoms with Crippen LogP contribution in [0.1, 0.15) is 84.0 Å². The quantitative estimate of drug-likeness (QED) is 0.196. The molecule has 0 spiro atoms. The van der Waals surface area contributed by atoms with Crippen LogP contribution in [-0.4, -0.2) is 56.1 Å². The Kier molecular flexibility index (Phi) is 19.3. The third-order valence-corrected chi connectivity index (χ3v) is 5.08. The van der Waals surface area contributed by atoms with Crippen LogP contribution >= 0.6 is 0 Å². The van der Waals surface area contributed by atoms with E-state index in [9.17, 15) is 4.79 Å². The maximum Gasteiger partial charge on any atom is 0.222 e. The molecule has 0 saturated carbocycles. The highest BCUT2D eigenvalue weighted by Gasteiger charge is 2.16. The largest absolute Gasteiger partial charge is 1.00 e. The van der Waals surface area contributed by atoms with Crippen LogP contribution in [0.3, 0.4) is 0 Å². The van der Waals surface area contributed by atoms with Gasteiger partial charge in [0.2, 0.25) is 5.91 Å². The summed E-state index contributed by atoms with van der Waals surface area (Å²) < 4.78 is 0.888. The van der Waals surface area contributed by atoms with Gasteiger partial charge in [-0.15, -0.1) is 0 Å². The van der Waals surface area contributed by atoms with Crippen LogP contribution in [0.5, 0.6) is 0 Å². The number of carbonyl (C=O) groups excluding carboxylic acids is 1. The van der Waals surface area contributed by atoms with Crippen molar-refractivity contribution < 1.29 is 26.3 Å². The molecule has 3 nitrogen and oxygen atoms in total. The normalized spacial score (nSPS) is 11.1. The fourth-order valence-electron chi connectivity index (χ4n) is 3.12. The van der Waals surface area contributed by atoms with Gasteiger partial charge in [0.05, 0.1) is 33.7 Å². The number of amides is 1. The Morgan fingerprint density at radius 1 is 0.923 bits per heavy atom. The van der Waals surface area contributed by atoms with Crippen molar-refractivity contribution in [2.24, 2.45) is 0 Å². The van der Waals surface area contributed by atoms with Crippen molar-refractivity contribution >= 4 is 5.91 Å². The summed E-state index contributed by atoms with van der Waals surface area (Å²) in [5.74, 6) is 0.300. The minimum Gasteiger partial charge on any atom is -1.00 e. The van der Waals surface area contributed by atoms with Crippen molar-refractivity contribution in [3.63, 3.8) is 0 Å². The van der Waals surface area contributed by atoms with Gasteiger partial charge in [-0.3, -0.25) is 4.79 Å². The first-order chi connectivity index (χ1) is 11.9. The minimum absolute atomic E-state index is 0. The molecule has 0 heterocycles. The zero-order valence-electron chi connectivity index (χ0n) is 18.1. The number of quaternary nitrogens is 1. The lowest BCUT2D eigenvalue weighted by atomic mass is 10.1. The maximum absolute atomic E-state index is 12.2. The van der Waals surface area contributed by atoms with Gasteiger partial charge in [-0.05, 0) is 12.5 Å². The van der Waals surface area contributed by atoms with Gasteiger partial charge in [-0.2, -0.15) is 0 Å². The minimum atomic E-state index is 0. The fraction of sp³-hybridized carbons (Fsp3) is 0.864. The standard InChI is InChI=1S/C22H45N2O.BrH/c1-6-8-9-10-11-12-13-14-15-16-17-18-22(25)23(3)19-21-24(4,5)20-7-2;/h7H,2,6,8-21H2,1,3-5H3;1H/q+1;/p-1. The number of unbranched alkanes of at least 4 members (excludes halogenated alkanes) is 10. The predicted octanol–water partition coefficient (Wildman–Crippen LogP) is 2.41. The average molecular weight is 434 g/mol. The van der Waals surface area contributed by atoms with Gasteiger partial charge in [0.15, 0.2) is 0 Å². The SMILES string of the molecule is C=CC[N+](C)(C)CCN(C)C(=O)CCCCCCCCCCCCC.[Br-]. The number of rotatable bonds is 17. The van der Waals surface area contributed by atoms with Crippen LogP contribution < -0.4 is 17.0 Å². The van der Waals surface area contributed by atoms with Gasteiger partial charge in [0.1, 0.15) is 0 Å². The number of hydrogen-bond acceptors (Lipinski definition) is 1. The first kappa shape index (κ1) is 27.9. The molecule has 0 radical (unpaired) electrons. The number of halogens is 1. The molecule has 0 N–H and O–H groups in total. The first-order valence-electron chi connectivity index (χ1n) is 10.6. The number of hydrogen-bond donors (Lipinski definition) is 0. The highest BCUT2D eigenvalue weighted by molar-refractivity contribution is 5.75. The summed E-state index contributed by atoms with van der Waals surface area (Å²) in [6, 6.07) is 0. The molecule has 0 unspecified atom stereocenters. The summed E-state index contributed by atoms with van der Waals surface area (Å²) in [5, 5.41) is 0. The topological polar surface area (TPSA) is 20.3 Å². The van der Waals surface area contributed by atoms with E-state index in [4.69, 9.17) is 0 Å². The molecule has 26 heavy (non-hydrogen) atoms. The lowest BCUT2D eigenvalue weighted by Crippen LogP contribution is -3.00. The van der Waals surface area contributed by atoms with E-state index in [1.54, 1.807) is 0 Å². The number of carbonyl (C=O) groups is 1. The van der Waals surface area contributed by atoms with Gasteiger partial charge in [-0.25, -0.2) is 0 Å². The van der Waals surface area contributed by atoms with E-state index in [0.717, 1.165) is 30.5 Å². The molecule has 0 bridgehead atoms. The second kappa shape index (κ2) is 18.0. The van der Waals surface area contributed by atoms with E-state index in [0.29, 0.717) is 12.3 Å². The Bertz CT molecular complexity index is 345. The van der Waals surface area contributed by atoms with Gasteiger partial charge in [0.25, 0.3) is 0 Å². The molecule has 0 aliphatic carbocycles. The number of likely N-dealkylation sites (N-methyl/N-ethyl adjacent to an activating group) is 2. The Morgan fingerprint density at radius 3 is 1.85 bits per heavy atom. The second-order valence-electron chi connectivity index (χ2n) is 8.23. The van der Waals surface area contributed by atoms with Gasteiger partial charge in [-0.1, -0.05) is 77.7 Å². The molecule has 0 aliphatic heterocycles. The third kappa shape index (κ3) is 17.1. The smallest absolute Gasteiger partial charge is 0.222 e. The maximum atomic E-state index is 12.2. The summed E-state index contributed by atoms with van der Waals surface area (Å²) in [5.41, 5.74) is 0. The van der Waals surface area contributed by atoms with Crippen molar-refractivity contribution in [3.8, 4) is 0 Å². The van der Waals surface area contributed by atoms with Gasteiger partial charge < -0.3 is 26.4 Å². The number of nitrogens with zero attached hydrogens (tertiary/aromatic N) is 2. The third-order valence-electron chi connectivity index (χ3n) is 5.08. The summed E-state index contributed by atoms with van der Waals surface area (Å²) in [6.45, 7) is 8.83. The average Bonchev–Trinajstić information content (AvgIpc) is 2.57. The molecule has 0 saturated heterocycles. The highest BCUT2D eigenvalue weighted by atomic mass is 79.9. The fourth-order valence-corrected chi connectivity index (χ4v) is 3.12. The van der Waals surface area contributed by atoms with Crippen molar-refractivity contribution in [2.75, 3.05) is 40.8 Å². The van der Waals surface area contributed by atoms with Crippen LogP contribution in [0.2, 0.25) is 0 Å². The van der Waals surface area contributed by atoms with E-state index < -0.39 is 0 Å². The van der Waals surface area contributed by atoms with Crippen molar-refractivity contribution in [1.82, 2.24) is 4.90 Å². The molecule has 156 valence electrons. The molecule has 0 aromatic heterocycles. The molecule has 0 rings (SSSR count). The summed E-state index contributed by atoms with van der Waals surface area (Å²) >= 11 is 0. The van der Waals surface area contributed by atoms with Crippen LogP contribution in [-0.2, 0) is 4.79 Å². The van der Waals surface area contributed by atoms with Crippen molar-refractivity contribution in [2.45, 2.75) is 84.0 Å². The Hall–Kier alpha value is -0.350. The summed E-state index contributed by atoms with van der Waals surface area (Å²) in [7, 11) is 6.31. The molecule has 4 heteroatoms. The van der Waals surface area contributed by atoms with E-state index in [-0.39, 0.29) is 17.0 Å².